The lowest BCUT2D eigenvalue weighted by molar-refractivity contribution is 0.163. The van der Waals surface area contributed by atoms with Gasteiger partial charge in [0.15, 0.2) is 0 Å². The van der Waals surface area contributed by atoms with E-state index in [0.717, 1.165) is 24.2 Å². The van der Waals surface area contributed by atoms with Gasteiger partial charge in [-0.05, 0) is 12.5 Å². The Kier molecular flexibility index (Phi) is 2.70. The summed E-state index contributed by atoms with van der Waals surface area (Å²) in [6.07, 6.45) is 0.401. The lowest BCUT2D eigenvalue weighted by Gasteiger charge is -2.33. The number of aliphatic hydroxyl groups is 2. The fourth-order valence-electron chi connectivity index (χ4n) is 1.96. The van der Waals surface area contributed by atoms with E-state index < -0.39 is 0 Å². The van der Waals surface area contributed by atoms with Crippen molar-refractivity contribution in [2.45, 2.75) is 12.5 Å². The molecule has 2 N–H and O–H groups in total. The molecule has 1 atom stereocenters. The lowest BCUT2D eigenvalue weighted by Crippen LogP contribution is -2.33. The first-order valence-corrected chi connectivity index (χ1v) is 4.95. The zero-order chi connectivity index (χ0) is 9.97. The number of β-amino-alcohol motifs (C(OH)–C–C–N with tert-alkyl or cyclic N) is 1. The first-order valence-electron chi connectivity index (χ1n) is 4.95. The van der Waals surface area contributed by atoms with Crippen molar-refractivity contribution in [3.8, 4) is 0 Å². The fourth-order valence-corrected chi connectivity index (χ4v) is 1.96. The zero-order valence-corrected chi connectivity index (χ0v) is 8.06. The molecule has 3 heteroatoms. The molecule has 0 aliphatic carbocycles. The van der Waals surface area contributed by atoms with Crippen LogP contribution in [0.2, 0.25) is 0 Å². The molecule has 0 radical (unpaired) electrons. The van der Waals surface area contributed by atoms with Crippen LogP contribution in [0.25, 0.3) is 0 Å². The van der Waals surface area contributed by atoms with Crippen LogP contribution in [0.4, 0.5) is 5.69 Å². The molecule has 14 heavy (non-hydrogen) atoms. The molecule has 2 rings (SSSR count). The normalized spacial score (nSPS) is 20.7. The summed E-state index contributed by atoms with van der Waals surface area (Å²) >= 11 is 0. The van der Waals surface area contributed by atoms with Gasteiger partial charge in [0.05, 0.1) is 12.7 Å². The molecule has 3 nitrogen and oxygen atoms in total. The molecular formula is C11H15NO2. The third kappa shape index (κ3) is 1.61. The van der Waals surface area contributed by atoms with Gasteiger partial charge in [-0.3, -0.25) is 0 Å². The summed E-state index contributed by atoms with van der Waals surface area (Å²) in [4.78, 5) is 2.11. The number of fused-ring (bicyclic) bond motifs is 1. The number of hydrogen-bond donors (Lipinski definition) is 2. The van der Waals surface area contributed by atoms with Crippen molar-refractivity contribution in [3.63, 3.8) is 0 Å². The number of para-hydroxylation sites is 1. The monoisotopic (exact) mass is 193 g/mol. The Morgan fingerprint density at radius 1 is 1.36 bits per heavy atom. The second-order valence-corrected chi connectivity index (χ2v) is 3.57. The highest BCUT2D eigenvalue weighted by atomic mass is 16.3. The summed E-state index contributed by atoms with van der Waals surface area (Å²) < 4.78 is 0. The molecule has 1 aliphatic rings. The van der Waals surface area contributed by atoms with Crippen molar-refractivity contribution in [1.82, 2.24) is 0 Å². The van der Waals surface area contributed by atoms with Gasteiger partial charge in [0, 0.05) is 24.3 Å². The predicted octanol–water partition coefficient (Wildman–Crippen LogP) is 0.922. The summed E-state index contributed by atoms with van der Waals surface area (Å²) in [6, 6.07) is 7.84. The molecule has 1 aromatic rings. The van der Waals surface area contributed by atoms with Crippen LogP contribution in [0.1, 0.15) is 18.1 Å². The van der Waals surface area contributed by atoms with Crippen LogP contribution >= 0.6 is 0 Å². The molecule has 0 spiro atoms. The molecule has 76 valence electrons. The molecular weight excluding hydrogens is 178 g/mol. The van der Waals surface area contributed by atoms with E-state index in [0.29, 0.717) is 6.54 Å². The average molecular weight is 193 g/mol. The van der Waals surface area contributed by atoms with Gasteiger partial charge >= 0.3 is 0 Å². The molecule has 0 saturated heterocycles. The molecule has 0 aromatic heterocycles. The van der Waals surface area contributed by atoms with Gasteiger partial charge in [0.2, 0.25) is 0 Å². The van der Waals surface area contributed by atoms with Crippen LogP contribution < -0.4 is 4.90 Å². The number of rotatable bonds is 2. The summed E-state index contributed by atoms with van der Waals surface area (Å²) in [7, 11) is 0. The van der Waals surface area contributed by atoms with E-state index >= 15 is 0 Å². The highest BCUT2D eigenvalue weighted by Gasteiger charge is 2.22. The fraction of sp³-hybridized carbons (Fsp3) is 0.455. The van der Waals surface area contributed by atoms with E-state index in [1.165, 1.54) is 0 Å². The van der Waals surface area contributed by atoms with Crippen molar-refractivity contribution in [1.29, 1.82) is 0 Å². The van der Waals surface area contributed by atoms with Crippen LogP contribution in [-0.4, -0.2) is 29.9 Å². The van der Waals surface area contributed by atoms with E-state index in [-0.39, 0.29) is 12.7 Å². The van der Waals surface area contributed by atoms with Gasteiger partial charge in [0.25, 0.3) is 0 Å². The Labute approximate surface area is 83.6 Å². The minimum atomic E-state index is -0.346. The second-order valence-electron chi connectivity index (χ2n) is 3.57. The molecule has 0 fully saturated rings. The summed E-state index contributed by atoms with van der Waals surface area (Å²) in [5, 5.41) is 18.7. The van der Waals surface area contributed by atoms with E-state index in [2.05, 4.69) is 4.90 Å². The molecule has 1 heterocycles. The summed E-state index contributed by atoms with van der Waals surface area (Å²) in [5.41, 5.74) is 2.03. The molecule has 1 unspecified atom stereocenters. The molecule has 0 amide bonds. The third-order valence-corrected chi connectivity index (χ3v) is 2.68. The van der Waals surface area contributed by atoms with Crippen LogP contribution in [0.5, 0.6) is 0 Å². The van der Waals surface area contributed by atoms with Crippen LogP contribution in [0, 0.1) is 0 Å². The van der Waals surface area contributed by atoms with Gasteiger partial charge in [-0.15, -0.1) is 0 Å². The summed E-state index contributed by atoms with van der Waals surface area (Å²) in [6.45, 7) is 1.62. The first-order chi connectivity index (χ1) is 6.83. The topological polar surface area (TPSA) is 43.7 Å². The Morgan fingerprint density at radius 3 is 2.93 bits per heavy atom. The maximum Gasteiger partial charge on any atom is 0.0826 e. The number of nitrogens with zero attached hydrogens (tertiary/aromatic N) is 1. The van der Waals surface area contributed by atoms with Crippen molar-refractivity contribution in [2.75, 3.05) is 24.6 Å². The zero-order valence-electron chi connectivity index (χ0n) is 8.06. The molecule has 1 aromatic carbocycles. The minimum Gasteiger partial charge on any atom is -0.395 e. The average Bonchev–Trinajstić information content (AvgIpc) is 2.23. The van der Waals surface area contributed by atoms with Crippen LogP contribution in [0.3, 0.4) is 0 Å². The van der Waals surface area contributed by atoms with Crippen molar-refractivity contribution in [2.24, 2.45) is 0 Å². The lowest BCUT2D eigenvalue weighted by atomic mass is 9.99. The maximum absolute atomic E-state index is 9.76. The highest BCUT2D eigenvalue weighted by molar-refractivity contribution is 5.56. The van der Waals surface area contributed by atoms with Crippen molar-refractivity contribution < 1.29 is 10.2 Å². The number of benzene rings is 1. The van der Waals surface area contributed by atoms with E-state index in [9.17, 15) is 5.11 Å². The minimum absolute atomic E-state index is 0.157. The smallest absolute Gasteiger partial charge is 0.0826 e. The highest BCUT2D eigenvalue weighted by Crippen LogP contribution is 2.32. The second kappa shape index (κ2) is 3.98. The summed E-state index contributed by atoms with van der Waals surface area (Å²) in [5.74, 6) is 0. The Morgan fingerprint density at radius 2 is 2.14 bits per heavy atom. The van der Waals surface area contributed by atoms with E-state index in [4.69, 9.17) is 5.11 Å². The third-order valence-electron chi connectivity index (χ3n) is 2.68. The number of hydrogen-bond acceptors (Lipinski definition) is 3. The van der Waals surface area contributed by atoms with Gasteiger partial charge in [0.1, 0.15) is 0 Å². The largest absolute Gasteiger partial charge is 0.395 e. The standard InChI is InChI=1S/C11H15NO2/c13-8-7-12-6-5-11(14)9-3-1-2-4-10(9)12/h1-4,11,13-14H,5-8H2. The van der Waals surface area contributed by atoms with Crippen LogP contribution in [0.15, 0.2) is 24.3 Å². The SMILES string of the molecule is OCCN1CCC(O)c2ccccc21. The first kappa shape index (κ1) is 9.49. The van der Waals surface area contributed by atoms with Crippen molar-refractivity contribution >= 4 is 5.69 Å². The van der Waals surface area contributed by atoms with Crippen molar-refractivity contribution in [3.05, 3.63) is 29.8 Å². The number of aliphatic hydroxyl groups excluding tert-OH is 2. The molecule has 0 bridgehead atoms. The Hall–Kier alpha value is -1.06. The molecule has 1 aliphatic heterocycles. The quantitative estimate of drug-likeness (QED) is 0.734. The van der Waals surface area contributed by atoms with Gasteiger partial charge < -0.3 is 15.1 Å². The van der Waals surface area contributed by atoms with Gasteiger partial charge in [-0.1, -0.05) is 18.2 Å². The number of anilines is 1. The Bertz CT molecular complexity index is 314. The van der Waals surface area contributed by atoms with Gasteiger partial charge in [-0.2, -0.15) is 0 Å². The van der Waals surface area contributed by atoms with Crippen LogP contribution in [-0.2, 0) is 0 Å². The maximum atomic E-state index is 9.76. The van der Waals surface area contributed by atoms with Gasteiger partial charge in [-0.25, -0.2) is 0 Å². The predicted molar refractivity (Wildman–Crippen MR) is 55.3 cm³/mol. The Balaban J connectivity index is 2.31. The van der Waals surface area contributed by atoms with E-state index in [1.54, 1.807) is 0 Å². The van der Waals surface area contributed by atoms with E-state index in [1.807, 2.05) is 24.3 Å². The molecule has 0 saturated carbocycles.